The smallest absolute Gasteiger partial charge is 0.389 e. The SMILES string of the molecule is COc1nccnc1Oc1ccc2c(nnn2CCCC(F)(F)F)c1Br. The Balaban J connectivity index is 1.83. The first-order chi connectivity index (χ1) is 12.4. The van der Waals surface area contributed by atoms with Gasteiger partial charge in [-0.25, -0.2) is 14.6 Å². The van der Waals surface area contributed by atoms with Crippen molar-refractivity contribution in [2.45, 2.75) is 25.6 Å². The number of hydrogen-bond donors (Lipinski definition) is 0. The zero-order valence-corrected chi connectivity index (χ0v) is 15.1. The maximum Gasteiger partial charge on any atom is 0.389 e. The van der Waals surface area contributed by atoms with E-state index in [-0.39, 0.29) is 24.7 Å². The molecule has 2 aromatic heterocycles. The molecule has 0 saturated heterocycles. The van der Waals surface area contributed by atoms with E-state index >= 15 is 0 Å². The van der Waals surface area contributed by atoms with E-state index in [4.69, 9.17) is 9.47 Å². The first kappa shape index (κ1) is 18.4. The van der Waals surface area contributed by atoms with Gasteiger partial charge in [0.05, 0.1) is 17.1 Å². The largest absolute Gasteiger partial charge is 0.477 e. The highest BCUT2D eigenvalue weighted by atomic mass is 79.9. The summed E-state index contributed by atoms with van der Waals surface area (Å²) in [6.45, 7) is 0.112. The van der Waals surface area contributed by atoms with Crippen LogP contribution >= 0.6 is 15.9 Å². The lowest BCUT2D eigenvalue weighted by molar-refractivity contribution is -0.136. The van der Waals surface area contributed by atoms with Gasteiger partial charge < -0.3 is 9.47 Å². The molecule has 0 N–H and O–H groups in total. The summed E-state index contributed by atoms with van der Waals surface area (Å²) in [5.74, 6) is 0.793. The summed E-state index contributed by atoms with van der Waals surface area (Å²) in [6.07, 6.45) is -2.21. The van der Waals surface area contributed by atoms with Crippen molar-refractivity contribution in [1.29, 1.82) is 0 Å². The first-order valence-electron chi connectivity index (χ1n) is 7.50. The summed E-state index contributed by atoms with van der Waals surface area (Å²) in [6, 6.07) is 3.32. The van der Waals surface area contributed by atoms with Crippen molar-refractivity contribution < 1.29 is 22.6 Å². The molecule has 2 heterocycles. The number of fused-ring (bicyclic) bond motifs is 1. The third-order valence-electron chi connectivity index (χ3n) is 3.45. The van der Waals surface area contributed by atoms with Crippen LogP contribution in [0.1, 0.15) is 12.8 Å². The molecular weight excluding hydrogens is 419 g/mol. The van der Waals surface area contributed by atoms with Crippen LogP contribution in [0.2, 0.25) is 0 Å². The summed E-state index contributed by atoms with van der Waals surface area (Å²) in [7, 11) is 1.45. The number of ether oxygens (including phenoxy) is 2. The van der Waals surface area contributed by atoms with E-state index in [2.05, 4.69) is 36.2 Å². The molecular formula is C15H13BrF3N5O2. The van der Waals surface area contributed by atoms with Gasteiger partial charge in [-0.15, -0.1) is 5.10 Å². The first-order valence-corrected chi connectivity index (χ1v) is 8.29. The summed E-state index contributed by atoms with van der Waals surface area (Å²) in [5, 5.41) is 7.93. The van der Waals surface area contributed by atoms with Gasteiger partial charge in [-0.3, -0.25) is 0 Å². The number of alkyl halides is 3. The van der Waals surface area contributed by atoms with Crippen LogP contribution in [0.3, 0.4) is 0 Å². The van der Waals surface area contributed by atoms with Gasteiger partial charge in [0, 0.05) is 25.4 Å². The Labute approximate surface area is 154 Å². The van der Waals surface area contributed by atoms with Crippen molar-refractivity contribution in [2.75, 3.05) is 7.11 Å². The zero-order valence-electron chi connectivity index (χ0n) is 13.5. The van der Waals surface area contributed by atoms with Crippen molar-refractivity contribution in [2.24, 2.45) is 0 Å². The molecule has 3 aromatic rings. The second-order valence-corrected chi connectivity index (χ2v) is 6.04. The van der Waals surface area contributed by atoms with Gasteiger partial charge in [-0.1, -0.05) is 5.21 Å². The highest BCUT2D eigenvalue weighted by molar-refractivity contribution is 9.10. The Hall–Kier alpha value is -2.43. The number of aryl methyl sites for hydroxylation is 1. The van der Waals surface area contributed by atoms with Crippen LogP contribution in [0.25, 0.3) is 11.0 Å². The molecule has 0 saturated carbocycles. The molecule has 0 aliphatic carbocycles. The van der Waals surface area contributed by atoms with E-state index < -0.39 is 12.6 Å². The standard InChI is InChI=1S/C15H13BrF3N5O2/c1-25-13-14(21-7-6-20-13)26-10-4-3-9-12(11(10)16)22-23-24(9)8-2-5-15(17,18)19/h3-4,6-7H,2,5,8H2,1H3. The molecule has 0 spiro atoms. The monoisotopic (exact) mass is 431 g/mol. The summed E-state index contributed by atoms with van der Waals surface area (Å²) in [5.41, 5.74) is 1.06. The van der Waals surface area contributed by atoms with Crippen LogP contribution in [0.4, 0.5) is 13.2 Å². The van der Waals surface area contributed by atoms with Crippen LogP contribution in [0.5, 0.6) is 17.5 Å². The minimum atomic E-state index is -4.19. The highest BCUT2D eigenvalue weighted by Crippen LogP contribution is 2.36. The van der Waals surface area contributed by atoms with Crippen molar-refractivity contribution in [1.82, 2.24) is 25.0 Å². The molecule has 3 rings (SSSR count). The van der Waals surface area contributed by atoms with Crippen LogP contribution < -0.4 is 9.47 Å². The average Bonchev–Trinajstić information content (AvgIpc) is 3.00. The summed E-state index contributed by atoms with van der Waals surface area (Å²) in [4.78, 5) is 8.05. The van der Waals surface area contributed by atoms with Crippen molar-refractivity contribution in [3.05, 3.63) is 29.0 Å². The molecule has 0 bridgehead atoms. The minimum Gasteiger partial charge on any atom is -0.477 e. The maximum absolute atomic E-state index is 12.3. The quantitative estimate of drug-likeness (QED) is 0.584. The van der Waals surface area contributed by atoms with Gasteiger partial charge >= 0.3 is 6.18 Å². The van der Waals surface area contributed by atoms with Gasteiger partial charge in [0.15, 0.2) is 0 Å². The van der Waals surface area contributed by atoms with Gasteiger partial charge in [0.25, 0.3) is 11.8 Å². The predicted molar refractivity (Wildman–Crippen MR) is 89.2 cm³/mol. The topological polar surface area (TPSA) is 75.0 Å². The second-order valence-electron chi connectivity index (χ2n) is 5.25. The third-order valence-corrected chi connectivity index (χ3v) is 4.22. The van der Waals surface area contributed by atoms with Crippen molar-refractivity contribution >= 4 is 27.0 Å². The number of aromatic nitrogens is 5. The normalized spacial score (nSPS) is 11.7. The van der Waals surface area contributed by atoms with Crippen LogP contribution in [0.15, 0.2) is 29.0 Å². The lowest BCUT2D eigenvalue weighted by atomic mass is 10.2. The van der Waals surface area contributed by atoms with Crippen molar-refractivity contribution in [3.63, 3.8) is 0 Å². The Morgan fingerprint density at radius 2 is 1.88 bits per heavy atom. The molecule has 0 fully saturated rings. The van der Waals surface area contributed by atoms with Gasteiger partial charge in [0.1, 0.15) is 11.3 Å². The molecule has 26 heavy (non-hydrogen) atoms. The molecule has 0 aliphatic heterocycles. The second kappa shape index (κ2) is 7.44. The van der Waals surface area contributed by atoms with Gasteiger partial charge in [-0.2, -0.15) is 13.2 Å². The minimum absolute atomic E-state index is 0.0748. The van der Waals surface area contributed by atoms with Crippen molar-refractivity contribution in [3.8, 4) is 17.5 Å². The predicted octanol–water partition coefficient (Wildman–Crippen LogP) is 4.13. The fraction of sp³-hybridized carbons (Fsp3) is 0.333. The molecule has 0 aliphatic rings. The third kappa shape index (κ3) is 4.03. The van der Waals surface area contributed by atoms with Gasteiger partial charge in [0.2, 0.25) is 0 Å². The Morgan fingerprint density at radius 1 is 1.15 bits per heavy atom. The average molecular weight is 432 g/mol. The lowest BCUT2D eigenvalue weighted by Gasteiger charge is -2.09. The molecule has 138 valence electrons. The van der Waals surface area contributed by atoms with E-state index in [1.807, 2.05) is 0 Å². The molecule has 0 radical (unpaired) electrons. The molecule has 11 heteroatoms. The number of halogens is 4. The number of benzene rings is 1. The highest BCUT2D eigenvalue weighted by Gasteiger charge is 2.26. The number of methoxy groups -OCH3 is 1. The van der Waals surface area contributed by atoms with E-state index in [1.54, 1.807) is 12.1 Å². The summed E-state index contributed by atoms with van der Waals surface area (Å²) >= 11 is 3.39. The Bertz CT molecular complexity index is 916. The van der Waals surface area contributed by atoms with Crippen LogP contribution in [-0.2, 0) is 6.54 Å². The molecule has 7 nitrogen and oxygen atoms in total. The maximum atomic E-state index is 12.3. The number of nitrogens with zero attached hydrogens (tertiary/aromatic N) is 5. The Morgan fingerprint density at radius 3 is 2.58 bits per heavy atom. The van der Waals surface area contributed by atoms with E-state index in [0.29, 0.717) is 21.3 Å². The number of rotatable bonds is 6. The number of hydrogen-bond acceptors (Lipinski definition) is 6. The fourth-order valence-corrected chi connectivity index (χ4v) is 2.78. The van der Waals surface area contributed by atoms with E-state index in [0.717, 1.165) is 0 Å². The fourth-order valence-electron chi connectivity index (χ4n) is 2.29. The van der Waals surface area contributed by atoms with Crippen LogP contribution in [0, 0.1) is 0 Å². The lowest BCUT2D eigenvalue weighted by Crippen LogP contribution is -2.09. The molecule has 0 amide bonds. The van der Waals surface area contributed by atoms with E-state index in [9.17, 15) is 13.2 Å². The van der Waals surface area contributed by atoms with E-state index in [1.165, 1.54) is 24.2 Å². The molecule has 1 aromatic carbocycles. The van der Waals surface area contributed by atoms with Crippen LogP contribution in [-0.4, -0.2) is 38.2 Å². The summed E-state index contributed by atoms with van der Waals surface area (Å²) < 4.78 is 49.6. The zero-order chi connectivity index (χ0) is 18.7. The van der Waals surface area contributed by atoms with Gasteiger partial charge in [-0.05, 0) is 34.5 Å². The molecule has 0 atom stereocenters. The Kier molecular flexibility index (Phi) is 5.25. The molecule has 0 unspecified atom stereocenters.